The van der Waals surface area contributed by atoms with Crippen LogP contribution in [-0.2, 0) is 4.79 Å². The summed E-state index contributed by atoms with van der Waals surface area (Å²) in [5.41, 5.74) is 8.11. The fourth-order valence-corrected chi connectivity index (χ4v) is 1.98. The second-order valence-corrected chi connectivity index (χ2v) is 4.08. The SMILES string of the molecule is C=C/C=C\C=C1/CCN(c2ccccc2N)C1=O. The van der Waals surface area contributed by atoms with Crippen LogP contribution >= 0.6 is 0 Å². The average Bonchev–Trinajstić information content (AvgIpc) is 2.72. The molecule has 0 bridgehead atoms. The maximum atomic E-state index is 12.2. The van der Waals surface area contributed by atoms with E-state index in [1.807, 2.05) is 36.4 Å². The summed E-state index contributed by atoms with van der Waals surface area (Å²) in [6.07, 6.45) is 7.90. The van der Waals surface area contributed by atoms with Crippen LogP contribution in [0.5, 0.6) is 0 Å². The van der Waals surface area contributed by atoms with Crippen molar-refractivity contribution in [2.75, 3.05) is 17.2 Å². The first-order valence-electron chi connectivity index (χ1n) is 5.88. The third-order valence-electron chi connectivity index (χ3n) is 2.90. The van der Waals surface area contributed by atoms with E-state index in [0.29, 0.717) is 12.2 Å². The number of amides is 1. The van der Waals surface area contributed by atoms with Gasteiger partial charge in [0.2, 0.25) is 0 Å². The highest BCUT2D eigenvalue weighted by Gasteiger charge is 2.27. The second-order valence-electron chi connectivity index (χ2n) is 4.08. The van der Waals surface area contributed by atoms with Gasteiger partial charge in [-0.05, 0) is 18.6 Å². The molecule has 92 valence electrons. The summed E-state index contributed by atoms with van der Waals surface area (Å²) in [6.45, 7) is 4.27. The van der Waals surface area contributed by atoms with Crippen LogP contribution in [0.25, 0.3) is 0 Å². The van der Waals surface area contributed by atoms with Crippen LogP contribution in [0.1, 0.15) is 6.42 Å². The van der Waals surface area contributed by atoms with Gasteiger partial charge >= 0.3 is 0 Å². The van der Waals surface area contributed by atoms with E-state index < -0.39 is 0 Å². The number of carbonyl (C=O) groups is 1. The van der Waals surface area contributed by atoms with Crippen molar-refractivity contribution < 1.29 is 4.79 Å². The van der Waals surface area contributed by atoms with Gasteiger partial charge in [0, 0.05) is 12.1 Å². The molecule has 2 rings (SSSR count). The van der Waals surface area contributed by atoms with Crippen molar-refractivity contribution in [1.82, 2.24) is 0 Å². The standard InChI is InChI=1S/C15H16N2O/c1-2-3-4-7-12-10-11-17(15(12)18)14-9-6-5-8-13(14)16/h2-9H,1,10-11,16H2/b4-3-,12-7+. The summed E-state index contributed by atoms with van der Waals surface area (Å²) in [5, 5.41) is 0. The first-order chi connectivity index (χ1) is 8.74. The smallest absolute Gasteiger partial charge is 0.254 e. The number of carbonyl (C=O) groups excluding carboxylic acids is 1. The van der Waals surface area contributed by atoms with Crippen molar-refractivity contribution in [1.29, 1.82) is 0 Å². The lowest BCUT2D eigenvalue weighted by atomic mass is 10.2. The van der Waals surface area contributed by atoms with Gasteiger partial charge in [-0.1, -0.05) is 43.0 Å². The molecule has 0 atom stereocenters. The van der Waals surface area contributed by atoms with E-state index in [1.165, 1.54) is 0 Å². The van der Waals surface area contributed by atoms with Gasteiger partial charge in [-0.2, -0.15) is 0 Å². The van der Waals surface area contributed by atoms with Crippen molar-refractivity contribution >= 4 is 17.3 Å². The molecular formula is C15H16N2O. The van der Waals surface area contributed by atoms with Gasteiger partial charge in [0.05, 0.1) is 11.4 Å². The number of hydrogen-bond acceptors (Lipinski definition) is 2. The van der Waals surface area contributed by atoms with Crippen molar-refractivity contribution in [2.24, 2.45) is 0 Å². The number of nitrogen functional groups attached to an aromatic ring is 1. The predicted octanol–water partition coefficient (Wildman–Crippen LogP) is 2.67. The minimum Gasteiger partial charge on any atom is -0.397 e. The number of allylic oxidation sites excluding steroid dienone is 4. The van der Waals surface area contributed by atoms with E-state index >= 15 is 0 Å². The lowest BCUT2D eigenvalue weighted by molar-refractivity contribution is -0.114. The summed E-state index contributed by atoms with van der Waals surface area (Å²) < 4.78 is 0. The number of nitrogens with two attached hydrogens (primary N) is 1. The van der Waals surface area contributed by atoms with Crippen LogP contribution < -0.4 is 10.6 Å². The van der Waals surface area contributed by atoms with E-state index in [0.717, 1.165) is 17.7 Å². The zero-order valence-corrected chi connectivity index (χ0v) is 10.2. The number of rotatable bonds is 3. The topological polar surface area (TPSA) is 46.3 Å². The Morgan fingerprint density at radius 2 is 2.06 bits per heavy atom. The molecule has 0 unspecified atom stereocenters. The van der Waals surface area contributed by atoms with Gasteiger partial charge in [-0.25, -0.2) is 0 Å². The molecule has 0 aliphatic carbocycles. The van der Waals surface area contributed by atoms with Gasteiger partial charge < -0.3 is 10.6 Å². The Morgan fingerprint density at radius 3 is 2.78 bits per heavy atom. The minimum absolute atomic E-state index is 0.0293. The maximum absolute atomic E-state index is 12.2. The number of para-hydroxylation sites is 2. The maximum Gasteiger partial charge on any atom is 0.254 e. The second kappa shape index (κ2) is 5.36. The number of anilines is 2. The molecule has 0 spiro atoms. The number of nitrogens with zero attached hydrogens (tertiary/aromatic N) is 1. The highest BCUT2D eigenvalue weighted by Crippen LogP contribution is 2.29. The number of hydrogen-bond donors (Lipinski definition) is 1. The summed E-state index contributed by atoms with van der Waals surface area (Å²) in [4.78, 5) is 13.9. The Morgan fingerprint density at radius 1 is 1.28 bits per heavy atom. The normalized spacial score (nSPS) is 17.9. The molecule has 1 aromatic carbocycles. The molecule has 0 radical (unpaired) electrons. The molecule has 1 aromatic rings. The molecule has 1 heterocycles. The summed E-state index contributed by atoms with van der Waals surface area (Å²) in [7, 11) is 0. The molecule has 1 amide bonds. The molecule has 1 aliphatic rings. The van der Waals surface area contributed by atoms with E-state index in [2.05, 4.69) is 6.58 Å². The van der Waals surface area contributed by atoms with Crippen molar-refractivity contribution in [2.45, 2.75) is 6.42 Å². The summed E-state index contributed by atoms with van der Waals surface area (Å²) in [6, 6.07) is 7.43. The first-order valence-corrected chi connectivity index (χ1v) is 5.88. The molecule has 1 fully saturated rings. The van der Waals surface area contributed by atoms with Crippen LogP contribution in [0.2, 0.25) is 0 Å². The largest absolute Gasteiger partial charge is 0.397 e. The molecule has 18 heavy (non-hydrogen) atoms. The highest BCUT2D eigenvalue weighted by atomic mass is 16.2. The van der Waals surface area contributed by atoms with E-state index in [9.17, 15) is 4.79 Å². The third kappa shape index (κ3) is 2.35. The van der Waals surface area contributed by atoms with E-state index in [4.69, 9.17) is 5.73 Å². The van der Waals surface area contributed by atoms with Crippen LogP contribution in [0.3, 0.4) is 0 Å². The van der Waals surface area contributed by atoms with Gasteiger partial charge in [0.1, 0.15) is 0 Å². The van der Waals surface area contributed by atoms with Crippen LogP contribution in [0.15, 0.2) is 60.7 Å². The van der Waals surface area contributed by atoms with Gasteiger partial charge in [0.15, 0.2) is 0 Å². The molecule has 0 saturated carbocycles. The minimum atomic E-state index is 0.0293. The van der Waals surface area contributed by atoms with Crippen LogP contribution in [0.4, 0.5) is 11.4 Å². The molecule has 2 N–H and O–H groups in total. The van der Waals surface area contributed by atoms with Crippen LogP contribution in [0, 0.1) is 0 Å². The Labute approximate surface area is 107 Å². The zero-order valence-electron chi connectivity index (χ0n) is 10.2. The summed E-state index contributed by atoms with van der Waals surface area (Å²) >= 11 is 0. The molecule has 1 aliphatic heterocycles. The van der Waals surface area contributed by atoms with Crippen molar-refractivity contribution in [3.8, 4) is 0 Å². The van der Waals surface area contributed by atoms with E-state index in [1.54, 1.807) is 17.1 Å². The zero-order chi connectivity index (χ0) is 13.0. The van der Waals surface area contributed by atoms with Gasteiger partial charge in [0.25, 0.3) is 5.91 Å². The molecule has 3 heteroatoms. The van der Waals surface area contributed by atoms with Gasteiger partial charge in [-0.3, -0.25) is 4.79 Å². The van der Waals surface area contributed by atoms with Gasteiger partial charge in [-0.15, -0.1) is 0 Å². The lowest BCUT2D eigenvalue weighted by Gasteiger charge is -2.17. The van der Waals surface area contributed by atoms with Crippen molar-refractivity contribution in [3.63, 3.8) is 0 Å². The average molecular weight is 240 g/mol. The molecular weight excluding hydrogens is 224 g/mol. The summed E-state index contributed by atoms with van der Waals surface area (Å²) in [5.74, 6) is 0.0293. The van der Waals surface area contributed by atoms with Crippen LogP contribution in [-0.4, -0.2) is 12.5 Å². The Hall–Kier alpha value is -2.29. The Kier molecular flexibility index (Phi) is 3.63. The predicted molar refractivity (Wildman–Crippen MR) is 75.2 cm³/mol. The lowest BCUT2D eigenvalue weighted by Crippen LogP contribution is -2.25. The van der Waals surface area contributed by atoms with Crippen molar-refractivity contribution in [3.05, 3.63) is 60.7 Å². The third-order valence-corrected chi connectivity index (χ3v) is 2.90. The van der Waals surface area contributed by atoms with E-state index in [-0.39, 0.29) is 5.91 Å². The molecule has 1 saturated heterocycles. The first kappa shape index (κ1) is 12.2. The molecule has 3 nitrogen and oxygen atoms in total. The highest BCUT2D eigenvalue weighted by molar-refractivity contribution is 6.09. The fourth-order valence-electron chi connectivity index (χ4n) is 1.98. The quantitative estimate of drug-likeness (QED) is 0.501. The monoisotopic (exact) mass is 240 g/mol. The number of benzene rings is 1. The fraction of sp³-hybridized carbons (Fsp3) is 0.133. The Bertz CT molecular complexity index is 529. The molecule has 0 aromatic heterocycles. The Balaban J connectivity index is 2.22.